The fourth-order valence-corrected chi connectivity index (χ4v) is 5.92. The van der Waals surface area contributed by atoms with Crippen molar-refractivity contribution < 1.29 is 40.9 Å². The maximum atomic E-state index is 13.6. The van der Waals surface area contributed by atoms with E-state index in [4.69, 9.17) is 19.3 Å². The fourth-order valence-electron chi connectivity index (χ4n) is 5.29. The molecule has 252 valence electrons. The summed E-state index contributed by atoms with van der Waals surface area (Å²) in [7, 11) is -2.00. The molecule has 1 aromatic heterocycles. The minimum atomic E-state index is -4.44. The summed E-state index contributed by atoms with van der Waals surface area (Å²) in [5, 5.41) is 16.0. The molecule has 14 heteroatoms. The quantitative estimate of drug-likeness (QED) is 0.164. The van der Waals surface area contributed by atoms with Gasteiger partial charge in [-0.3, -0.25) is 0 Å². The number of rotatable bonds is 15. The van der Waals surface area contributed by atoms with Gasteiger partial charge in [-0.1, -0.05) is 12.0 Å². The molecule has 2 aromatic carbocycles. The molecule has 3 aromatic rings. The van der Waals surface area contributed by atoms with Crippen molar-refractivity contribution in [1.29, 1.82) is 0 Å². The van der Waals surface area contributed by atoms with E-state index in [0.717, 1.165) is 44.4 Å². The number of hydrogen-bond donors (Lipinski definition) is 3. The highest BCUT2D eigenvalue weighted by Gasteiger charge is 2.30. The first-order valence-corrected chi connectivity index (χ1v) is 16.9. The van der Waals surface area contributed by atoms with Crippen LogP contribution >= 0.6 is 0 Å². The number of sulfone groups is 1. The Morgan fingerprint density at radius 2 is 1.76 bits per heavy atom. The number of halogens is 3. The van der Waals surface area contributed by atoms with Crippen LogP contribution in [0.25, 0.3) is 10.9 Å². The molecule has 0 bridgehead atoms. The van der Waals surface area contributed by atoms with Gasteiger partial charge < -0.3 is 39.4 Å². The van der Waals surface area contributed by atoms with Gasteiger partial charge >= 0.3 is 6.18 Å². The first-order chi connectivity index (χ1) is 22.0. The zero-order valence-corrected chi connectivity index (χ0v) is 26.8. The summed E-state index contributed by atoms with van der Waals surface area (Å²) in [5.41, 5.74) is 1.95. The lowest BCUT2D eigenvalue weighted by molar-refractivity contribution is -0.140. The Hall–Kier alpha value is -3.48. The van der Waals surface area contributed by atoms with Crippen LogP contribution in [0.3, 0.4) is 0 Å². The molecule has 0 unspecified atom stereocenters. The molecule has 1 aliphatic heterocycles. The number of benzene rings is 2. The number of aliphatic hydroxyl groups excluding tert-OH is 1. The van der Waals surface area contributed by atoms with Gasteiger partial charge in [-0.25, -0.2) is 8.42 Å². The number of fused-ring (bicyclic) bond motifs is 1. The van der Waals surface area contributed by atoms with Crippen molar-refractivity contribution in [3.63, 3.8) is 0 Å². The largest absolute Gasteiger partial charge is 0.495 e. The lowest BCUT2D eigenvalue weighted by atomic mass is 10.0. The van der Waals surface area contributed by atoms with Crippen molar-refractivity contribution in [2.45, 2.75) is 36.5 Å². The van der Waals surface area contributed by atoms with Crippen LogP contribution in [0.4, 0.5) is 24.5 Å². The molecule has 1 aliphatic rings. The standard InChI is InChI=1S/C32H41F3N4O6S/c1-43-31-22-26(46(2,41)42)8-9-29(31)36-12-4-5-25-21-27-28(6-3-7-30(27)39(25)23-32(33,34)35)37-24-10-13-38(14-11-24)15-17-44-19-20-45-18-16-40/h3,6-9,21-22,24,36-37,40H,10-20,23H2,1-2H3. The van der Waals surface area contributed by atoms with E-state index in [2.05, 4.69) is 27.4 Å². The van der Waals surface area contributed by atoms with Gasteiger partial charge in [0, 0.05) is 49.1 Å². The van der Waals surface area contributed by atoms with E-state index in [1.165, 1.54) is 23.8 Å². The average Bonchev–Trinajstić information content (AvgIpc) is 3.35. The molecular formula is C32H41F3N4O6S. The molecule has 2 heterocycles. The van der Waals surface area contributed by atoms with Crippen LogP contribution in [-0.2, 0) is 25.9 Å². The molecule has 0 saturated carbocycles. The molecule has 1 saturated heterocycles. The summed E-state index contributed by atoms with van der Waals surface area (Å²) >= 11 is 0. The maximum absolute atomic E-state index is 13.6. The average molecular weight is 667 g/mol. The molecule has 0 atom stereocenters. The third-order valence-corrected chi connectivity index (χ3v) is 8.68. The zero-order valence-electron chi connectivity index (χ0n) is 26.0. The summed E-state index contributed by atoms with van der Waals surface area (Å²) in [6.07, 6.45) is -1.58. The number of aromatic nitrogens is 1. The van der Waals surface area contributed by atoms with E-state index in [1.807, 2.05) is 6.07 Å². The van der Waals surface area contributed by atoms with Gasteiger partial charge in [-0.2, -0.15) is 13.2 Å². The van der Waals surface area contributed by atoms with Crippen LogP contribution in [0.15, 0.2) is 47.4 Å². The van der Waals surface area contributed by atoms with E-state index in [0.29, 0.717) is 48.8 Å². The molecule has 1 fully saturated rings. The Morgan fingerprint density at radius 3 is 2.43 bits per heavy atom. The second kappa shape index (κ2) is 16.4. The number of aliphatic hydroxyl groups is 1. The number of hydrogen-bond acceptors (Lipinski definition) is 9. The van der Waals surface area contributed by atoms with E-state index in [-0.39, 0.29) is 29.8 Å². The van der Waals surface area contributed by atoms with E-state index in [1.54, 1.807) is 24.3 Å². The molecule has 46 heavy (non-hydrogen) atoms. The number of anilines is 2. The number of alkyl halides is 3. The number of methoxy groups -OCH3 is 1. The molecule has 10 nitrogen and oxygen atoms in total. The molecule has 4 rings (SSSR count). The number of likely N-dealkylation sites (tertiary alicyclic amines) is 1. The monoisotopic (exact) mass is 666 g/mol. The summed E-state index contributed by atoms with van der Waals surface area (Å²) in [6, 6.07) is 11.6. The summed E-state index contributed by atoms with van der Waals surface area (Å²) in [5.74, 6) is 6.10. The van der Waals surface area contributed by atoms with Crippen molar-refractivity contribution in [2.75, 3.05) is 83.2 Å². The zero-order chi connectivity index (χ0) is 33.2. The predicted octanol–water partition coefficient (Wildman–Crippen LogP) is 3.98. The normalized spacial score (nSPS) is 14.7. The minimum absolute atomic E-state index is 0.00509. The van der Waals surface area contributed by atoms with Gasteiger partial charge in [0.05, 0.1) is 68.5 Å². The molecule has 0 radical (unpaired) electrons. The first kappa shape index (κ1) is 35.4. The Labute approximate surface area is 267 Å². The van der Waals surface area contributed by atoms with E-state index in [9.17, 15) is 21.6 Å². The molecular weight excluding hydrogens is 625 g/mol. The van der Waals surface area contributed by atoms with E-state index >= 15 is 0 Å². The second-order valence-corrected chi connectivity index (χ2v) is 13.0. The third kappa shape index (κ3) is 10.3. The minimum Gasteiger partial charge on any atom is -0.495 e. The lowest BCUT2D eigenvalue weighted by Crippen LogP contribution is -2.40. The van der Waals surface area contributed by atoms with Gasteiger partial charge in [0.1, 0.15) is 12.3 Å². The van der Waals surface area contributed by atoms with E-state index < -0.39 is 22.6 Å². The molecule has 3 N–H and O–H groups in total. The van der Waals surface area contributed by atoms with Crippen molar-refractivity contribution in [3.05, 3.63) is 48.2 Å². The lowest BCUT2D eigenvalue weighted by Gasteiger charge is -2.32. The van der Waals surface area contributed by atoms with Gasteiger partial charge in [-0.15, -0.1) is 0 Å². The fraction of sp³-hybridized carbons (Fsp3) is 0.500. The summed E-state index contributed by atoms with van der Waals surface area (Å²) in [4.78, 5) is 2.43. The van der Waals surface area contributed by atoms with Crippen molar-refractivity contribution in [2.24, 2.45) is 0 Å². The smallest absolute Gasteiger partial charge is 0.406 e. The van der Waals surface area contributed by atoms with Crippen molar-refractivity contribution in [3.8, 4) is 17.6 Å². The third-order valence-electron chi connectivity index (χ3n) is 7.57. The highest BCUT2D eigenvalue weighted by atomic mass is 32.2. The van der Waals surface area contributed by atoms with Crippen LogP contribution < -0.4 is 15.4 Å². The SMILES string of the molecule is COc1cc(S(C)(=O)=O)ccc1NCC#Cc1cc2c(NC3CCN(CCOCCOCCO)CC3)cccc2n1CC(F)(F)F. The first-order valence-electron chi connectivity index (χ1n) is 15.0. The predicted molar refractivity (Wildman–Crippen MR) is 171 cm³/mol. The van der Waals surface area contributed by atoms with Gasteiger partial charge in [0.2, 0.25) is 0 Å². The van der Waals surface area contributed by atoms with Crippen LogP contribution in [0.5, 0.6) is 5.75 Å². The van der Waals surface area contributed by atoms with Crippen LogP contribution in [-0.4, -0.2) is 108 Å². The molecule has 0 amide bonds. The van der Waals surface area contributed by atoms with Crippen molar-refractivity contribution >= 4 is 32.1 Å². The Bertz CT molecular complexity index is 1610. The van der Waals surface area contributed by atoms with Gasteiger partial charge in [-0.05, 0) is 49.1 Å². The highest BCUT2D eigenvalue weighted by molar-refractivity contribution is 7.90. The number of ether oxygens (including phenoxy) is 3. The Kier molecular flexibility index (Phi) is 12.6. The number of piperidine rings is 1. The van der Waals surface area contributed by atoms with Crippen LogP contribution in [0, 0.1) is 11.8 Å². The summed E-state index contributed by atoms with van der Waals surface area (Å²) < 4.78 is 81.9. The number of nitrogens with one attached hydrogen (secondary N) is 2. The summed E-state index contributed by atoms with van der Waals surface area (Å²) in [6.45, 7) is 3.29. The van der Waals surface area contributed by atoms with Gasteiger partial charge in [0.25, 0.3) is 0 Å². The second-order valence-electron chi connectivity index (χ2n) is 11.0. The topological polar surface area (TPSA) is 114 Å². The molecule has 0 aliphatic carbocycles. The molecule has 0 spiro atoms. The maximum Gasteiger partial charge on any atom is 0.406 e. The Balaban J connectivity index is 1.41. The van der Waals surface area contributed by atoms with Crippen molar-refractivity contribution in [1.82, 2.24) is 9.47 Å². The number of nitrogens with zero attached hydrogens (tertiary/aromatic N) is 2. The van der Waals surface area contributed by atoms with Crippen LogP contribution in [0.1, 0.15) is 18.5 Å². The van der Waals surface area contributed by atoms with Gasteiger partial charge in [0.15, 0.2) is 9.84 Å². The highest BCUT2D eigenvalue weighted by Crippen LogP contribution is 2.31. The van der Waals surface area contributed by atoms with Crippen LogP contribution in [0.2, 0.25) is 0 Å². The Morgan fingerprint density at radius 1 is 1.02 bits per heavy atom.